The van der Waals surface area contributed by atoms with Gasteiger partial charge >= 0.3 is 11.9 Å². The summed E-state index contributed by atoms with van der Waals surface area (Å²) in [6.45, 7) is 7.71. The lowest BCUT2D eigenvalue weighted by Gasteiger charge is -2.18. The molecule has 0 saturated heterocycles. The first-order valence-corrected chi connectivity index (χ1v) is 29.5. The third kappa shape index (κ3) is 55.9. The van der Waals surface area contributed by atoms with Crippen molar-refractivity contribution in [3.05, 3.63) is 72.9 Å². The number of hydrogen-bond acceptors (Lipinski definition) is 5. The van der Waals surface area contributed by atoms with Crippen LogP contribution >= 0.6 is 0 Å². The van der Waals surface area contributed by atoms with Gasteiger partial charge in [0.2, 0.25) is 0 Å². The van der Waals surface area contributed by atoms with Crippen molar-refractivity contribution >= 4 is 11.9 Å². The molecule has 0 aromatic carbocycles. The minimum atomic E-state index is -0.545. The van der Waals surface area contributed by atoms with Crippen LogP contribution in [0.1, 0.15) is 290 Å². The predicted molar refractivity (Wildman–Crippen MR) is 297 cm³/mol. The zero-order valence-corrected chi connectivity index (χ0v) is 45.4. The zero-order valence-electron chi connectivity index (χ0n) is 45.4. The van der Waals surface area contributed by atoms with E-state index in [2.05, 4.69) is 93.7 Å². The van der Waals surface area contributed by atoms with E-state index in [1.54, 1.807) is 0 Å². The summed E-state index contributed by atoms with van der Waals surface area (Å²) in [5, 5.41) is 0. The molecule has 0 aliphatic rings. The van der Waals surface area contributed by atoms with Gasteiger partial charge in [-0.3, -0.25) is 9.59 Å². The highest BCUT2D eigenvalue weighted by Gasteiger charge is 2.17. The molecule has 0 aliphatic heterocycles. The molecule has 0 aliphatic carbocycles. The topological polar surface area (TPSA) is 61.8 Å². The average molecular weight is 950 g/mol. The third-order valence-corrected chi connectivity index (χ3v) is 12.7. The molecule has 394 valence electrons. The molecule has 0 spiro atoms. The fourth-order valence-corrected chi connectivity index (χ4v) is 8.36. The second-order valence-electron chi connectivity index (χ2n) is 19.5. The fourth-order valence-electron chi connectivity index (χ4n) is 8.36. The summed E-state index contributed by atoms with van der Waals surface area (Å²) < 4.78 is 17.5. The number of ether oxygens (including phenoxy) is 3. The molecule has 0 bridgehead atoms. The molecule has 5 heteroatoms. The van der Waals surface area contributed by atoms with Gasteiger partial charge in [0.05, 0.1) is 6.61 Å². The molecular weight excluding hydrogens is 837 g/mol. The van der Waals surface area contributed by atoms with Crippen LogP contribution < -0.4 is 0 Å². The van der Waals surface area contributed by atoms with Gasteiger partial charge in [0, 0.05) is 19.4 Å². The third-order valence-electron chi connectivity index (χ3n) is 12.7. The second-order valence-corrected chi connectivity index (χ2v) is 19.5. The van der Waals surface area contributed by atoms with E-state index in [9.17, 15) is 9.59 Å². The van der Waals surface area contributed by atoms with Gasteiger partial charge in [-0.1, -0.05) is 261 Å². The smallest absolute Gasteiger partial charge is 0.306 e. The largest absolute Gasteiger partial charge is 0.462 e. The lowest BCUT2D eigenvalue weighted by atomic mass is 10.0. The van der Waals surface area contributed by atoms with Crippen LogP contribution in [0.5, 0.6) is 0 Å². The number of esters is 2. The Morgan fingerprint density at radius 1 is 0.338 bits per heavy atom. The van der Waals surface area contributed by atoms with E-state index in [0.29, 0.717) is 19.4 Å². The van der Waals surface area contributed by atoms with E-state index >= 15 is 0 Å². The molecule has 5 nitrogen and oxygen atoms in total. The van der Waals surface area contributed by atoms with E-state index in [0.717, 1.165) is 89.9 Å². The summed E-state index contributed by atoms with van der Waals surface area (Å²) in [4.78, 5) is 25.6. The van der Waals surface area contributed by atoms with Crippen LogP contribution in [-0.2, 0) is 23.8 Å². The highest BCUT2D eigenvalue weighted by atomic mass is 16.6. The van der Waals surface area contributed by atoms with Crippen molar-refractivity contribution in [2.75, 3.05) is 19.8 Å². The average Bonchev–Trinajstić information content (AvgIpc) is 3.34. The van der Waals surface area contributed by atoms with Gasteiger partial charge in [-0.15, -0.1) is 0 Å². The van der Waals surface area contributed by atoms with E-state index in [1.165, 1.54) is 167 Å². The Bertz CT molecular complexity index is 1210. The molecule has 0 rings (SSSR count). The Balaban J connectivity index is 4.28. The summed E-state index contributed by atoms with van der Waals surface area (Å²) in [6, 6.07) is 0. The van der Waals surface area contributed by atoms with Crippen molar-refractivity contribution in [2.24, 2.45) is 0 Å². The van der Waals surface area contributed by atoms with E-state index in [-0.39, 0.29) is 25.2 Å². The van der Waals surface area contributed by atoms with Crippen LogP contribution in [-0.4, -0.2) is 37.9 Å². The van der Waals surface area contributed by atoms with E-state index in [4.69, 9.17) is 14.2 Å². The Morgan fingerprint density at radius 3 is 1.09 bits per heavy atom. The number of unbranched alkanes of at least 4 members (excludes halogenated alkanes) is 31. The highest BCUT2D eigenvalue weighted by Crippen LogP contribution is 2.16. The molecule has 0 saturated carbocycles. The van der Waals surface area contributed by atoms with Crippen LogP contribution in [0, 0.1) is 0 Å². The van der Waals surface area contributed by atoms with Crippen molar-refractivity contribution < 1.29 is 23.8 Å². The van der Waals surface area contributed by atoms with Gasteiger partial charge in [-0.05, 0) is 89.9 Å². The Kier molecular flexibility index (Phi) is 56.4. The van der Waals surface area contributed by atoms with E-state index in [1.807, 2.05) is 0 Å². The minimum absolute atomic E-state index is 0.0768. The highest BCUT2D eigenvalue weighted by molar-refractivity contribution is 5.70. The molecule has 68 heavy (non-hydrogen) atoms. The van der Waals surface area contributed by atoms with Gasteiger partial charge in [0.25, 0.3) is 0 Å². The molecular formula is C63H112O5. The fraction of sp³-hybridized carbons (Fsp3) is 0.778. The molecule has 0 aromatic heterocycles. The minimum Gasteiger partial charge on any atom is -0.462 e. The first-order valence-electron chi connectivity index (χ1n) is 29.5. The summed E-state index contributed by atoms with van der Waals surface area (Å²) in [7, 11) is 0. The van der Waals surface area contributed by atoms with Crippen LogP contribution in [0.15, 0.2) is 72.9 Å². The number of hydrogen-bond donors (Lipinski definition) is 0. The zero-order chi connectivity index (χ0) is 49.2. The Morgan fingerprint density at radius 2 is 0.662 bits per heavy atom. The standard InChI is InChI=1S/C63H112O5/c1-4-7-10-13-16-19-22-25-28-30-32-34-36-38-41-44-47-50-53-56-62(64)67-60-61(59-66-58-55-52-49-46-43-40-27-24-21-18-15-12-9-6-3)68-63(65)57-54-51-48-45-42-39-37-35-33-31-29-26-23-20-17-14-11-8-5-2/h7,10,16-17,19-20,25-26,28-29,32,34,61H,4-6,8-9,11-15,18,21-24,27,30-31,33,35-60H2,1-3H3/b10-7-,19-16-,20-17-,28-25-,29-26-,34-32-. The summed E-state index contributed by atoms with van der Waals surface area (Å²) in [5.74, 6) is -0.407. The molecule has 0 amide bonds. The molecule has 0 N–H and O–H groups in total. The lowest BCUT2D eigenvalue weighted by Crippen LogP contribution is -2.30. The SMILES string of the molecule is CC/C=C\C/C=C\C/C=C\C/C=C\CCCCCCCCC(=O)OCC(COCCCCCCCCCCCCCCCC)OC(=O)CCCCCCCCCCC/C=C\C/C=C\CCCCC. The van der Waals surface area contributed by atoms with Crippen LogP contribution in [0.3, 0.4) is 0 Å². The normalized spacial score (nSPS) is 12.7. The lowest BCUT2D eigenvalue weighted by molar-refractivity contribution is -0.163. The van der Waals surface area contributed by atoms with Crippen LogP contribution in [0.2, 0.25) is 0 Å². The van der Waals surface area contributed by atoms with Crippen molar-refractivity contribution in [3.63, 3.8) is 0 Å². The summed E-state index contributed by atoms with van der Waals surface area (Å²) >= 11 is 0. The second kappa shape index (κ2) is 58.7. The van der Waals surface area contributed by atoms with Gasteiger partial charge < -0.3 is 14.2 Å². The molecule has 0 fully saturated rings. The van der Waals surface area contributed by atoms with Crippen molar-refractivity contribution in [1.82, 2.24) is 0 Å². The number of allylic oxidation sites excluding steroid dienone is 12. The van der Waals surface area contributed by atoms with Crippen LogP contribution in [0.25, 0.3) is 0 Å². The molecule has 0 aromatic rings. The van der Waals surface area contributed by atoms with E-state index < -0.39 is 6.10 Å². The van der Waals surface area contributed by atoms with Gasteiger partial charge in [-0.2, -0.15) is 0 Å². The Labute approximate surface area is 423 Å². The first kappa shape index (κ1) is 65.3. The van der Waals surface area contributed by atoms with Crippen molar-refractivity contribution in [2.45, 2.75) is 297 Å². The quantitative estimate of drug-likeness (QED) is 0.0345. The molecule has 1 unspecified atom stereocenters. The molecule has 1 atom stereocenters. The van der Waals surface area contributed by atoms with Gasteiger partial charge in [-0.25, -0.2) is 0 Å². The van der Waals surface area contributed by atoms with Crippen molar-refractivity contribution in [3.8, 4) is 0 Å². The number of rotatable bonds is 54. The maximum Gasteiger partial charge on any atom is 0.306 e. The van der Waals surface area contributed by atoms with Gasteiger partial charge in [0.1, 0.15) is 6.61 Å². The summed E-state index contributed by atoms with van der Waals surface area (Å²) in [6.07, 6.45) is 76.3. The molecule has 0 heterocycles. The predicted octanol–water partition coefficient (Wildman–Crippen LogP) is 20.2. The number of carbonyl (C=O) groups excluding carboxylic acids is 2. The monoisotopic (exact) mass is 949 g/mol. The van der Waals surface area contributed by atoms with Crippen molar-refractivity contribution in [1.29, 1.82) is 0 Å². The van der Waals surface area contributed by atoms with Gasteiger partial charge in [0.15, 0.2) is 6.10 Å². The molecule has 0 radical (unpaired) electrons. The van der Waals surface area contributed by atoms with Crippen LogP contribution in [0.4, 0.5) is 0 Å². The maximum absolute atomic E-state index is 12.9. The Hall–Kier alpha value is -2.66. The maximum atomic E-state index is 12.9. The summed E-state index contributed by atoms with van der Waals surface area (Å²) in [5.41, 5.74) is 0. The first-order chi connectivity index (χ1) is 33.6. The number of carbonyl (C=O) groups is 2.